The van der Waals surface area contributed by atoms with Crippen LogP contribution in [0, 0.1) is 13.8 Å². The second-order valence-electron chi connectivity index (χ2n) is 7.33. The fourth-order valence-corrected chi connectivity index (χ4v) is 6.10. The van der Waals surface area contributed by atoms with Crippen molar-refractivity contribution < 1.29 is 0 Å². The van der Waals surface area contributed by atoms with Crippen LogP contribution in [-0.4, -0.2) is 5.25 Å². The molecule has 3 aromatic rings. The first-order valence-corrected chi connectivity index (χ1v) is 10.2. The molecule has 0 aromatic heterocycles. The molecular weight excluding hydrogens is 332 g/mol. The van der Waals surface area contributed by atoms with Crippen molar-refractivity contribution >= 4 is 22.5 Å². The van der Waals surface area contributed by atoms with E-state index in [1.54, 1.807) is 5.56 Å². The number of rotatable bonds is 1. The van der Waals surface area contributed by atoms with Crippen LogP contribution in [0.5, 0.6) is 0 Å². The van der Waals surface area contributed by atoms with Crippen LogP contribution in [0.4, 0.5) is 0 Å². The Morgan fingerprint density at radius 2 is 1.65 bits per heavy atom. The molecule has 0 N–H and O–H groups in total. The van der Waals surface area contributed by atoms with Gasteiger partial charge in [0.15, 0.2) is 0 Å². The lowest BCUT2D eigenvalue weighted by atomic mass is 9.84. The van der Waals surface area contributed by atoms with Gasteiger partial charge < -0.3 is 0 Å². The summed E-state index contributed by atoms with van der Waals surface area (Å²) in [6.45, 7) is 4.55. The molecule has 1 heterocycles. The second-order valence-corrected chi connectivity index (χ2v) is 8.58. The predicted molar refractivity (Wildman–Crippen MR) is 114 cm³/mol. The van der Waals surface area contributed by atoms with Gasteiger partial charge in [-0.05, 0) is 58.9 Å². The van der Waals surface area contributed by atoms with E-state index in [1.807, 2.05) is 0 Å². The summed E-state index contributed by atoms with van der Waals surface area (Å²) in [7, 11) is 0. The molecule has 2 aliphatic rings. The lowest BCUT2D eigenvalue weighted by Gasteiger charge is -2.19. The van der Waals surface area contributed by atoms with Crippen molar-refractivity contribution in [3.05, 3.63) is 89.5 Å². The van der Waals surface area contributed by atoms with Gasteiger partial charge in [0.05, 0.1) is 0 Å². The fourth-order valence-electron chi connectivity index (χ4n) is 4.56. The maximum absolute atomic E-state index is 2.41. The number of allylic oxidation sites excluding steroid dienone is 4. The van der Waals surface area contributed by atoms with E-state index in [4.69, 9.17) is 0 Å². The fraction of sp³-hybridized carbons (Fsp3) is 0.200. The Hall–Kier alpha value is -2.25. The summed E-state index contributed by atoms with van der Waals surface area (Å²) < 4.78 is 0. The molecule has 1 heteroatoms. The van der Waals surface area contributed by atoms with Crippen molar-refractivity contribution in [2.24, 2.45) is 0 Å². The smallest absolute Gasteiger partial charge is 0.0233 e. The average molecular weight is 355 g/mol. The predicted octanol–water partition coefficient (Wildman–Crippen LogP) is 7.20. The molecule has 1 aliphatic carbocycles. The number of aryl methyl sites for hydroxylation is 1. The van der Waals surface area contributed by atoms with Crippen molar-refractivity contribution in [3.63, 3.8) is 0 Å². The molecule has 0 saturated heterocycles. The molecule has 0 amide bonds. The van der Waals surface area contributed by atoms with Gasteiger partial charge in [0.25, 0.3) is 0 Å². The second kappa shape index (κ2) is 6.17. The van der Waals surface area contributed by atoms with E-state index in [0.717, 1.165) is 6.42 Å². The van der Waals surface area contributed by atoms with Gasteiger partial charge in [-0.1, -0.05) is 72.8 Å². The summed E-state index contributed by atoms with van der Waals surface area (Å²) in [6, 6.07) is 17.8. The van der Waals surface area contributed by atoms with Gasteiger partial charge >= 0.3 is 0 Å². The van der Waals surface area contributed by atoms with Crippen LogP contribution in [0.15, 0.2) is 77.7 Å². The minimum absolute atomic E-state index is 0.513. The highest BCUT2D eigenvalue weighted by Crippen LogP contribution is 2.54. The molecule has 1 aliphatic heterocycles. The molecule has 0 bridgehead atoms. The molecule has 5 rings (SSSR count). The molecule has 2 unspecified atom stereocenters. The van der Waals surface area contributed by atoms with Gasteiger partial charge in [0.1, 0.15) is 0 Å². The van der Waals surface area contributed by atoms with Crippen LogP contribution < -0.4 is 0 Å². The number of benzene rings is 3. The first-order valence-electron chi connectivity index (χ1n) is 9.37. The molecule has 26 heavy (non-hydrogen) atoms. The quantitative estimate of drug-likeness (QED) is 0.445. The summed E-state index contributed by atoms with van der Waals surface area (Å²) in [5.74, 6) is 0.513. The third-order valence-electron chi connectivity index (χ3n) is 5.80. The molecule has 2 atom stereocenters. The molecule has 0 fully saturated rings. The summed E-state index contributed by atoms with van der Waals surface area (Å²) in [6.07, 6.45) is 10.3. The molecule has 3 aromatic carbocycles. The zero-order chi connectivity index (χ0) is 17.7. The maximum atomic E-state index is 2.41. The minimum Gasteiger partial charge on any atom is -0.121 e. The average Bonchev–Trinajstić information content (AvgIpc) is 2.87. The van der Waals surface area contributed by atoms with Gasteiger partial charge in [-0.15, -0.1) is 11.8 Å². The van der Waals surface area contributed by atoms with E-state index in [2.05, 4.69) is 98.4 Å². The van der Waals surface area contributed by atoms with Gasteiger partial charge in [0, 0.05) is 16.1 Å². The summed E-state index contributed by atoms with van der Waals surface area (Å²) in [5.41, 5.74) is 7.13. The van der Waals surface area contributed by atoms with Crippen molar-refractivity contribution in [1.29, 1.82) is 0 Å². The van der Waals surface area contributed by atoms with Crippen LogP contribution in [0.2, 0.25) is 0 Å². The molecule has 0 radical (unpaired) electrons. The number of hydrogen-bond donors (Lipinski definition) is 0. The van der Waals surface area contributed by atoms with Crippen molar-refractivity contribution in [3.8, 4) is 11.1 Å². The van der Waals surface area contributed by atoms with Gasteiger partial charge in [0.2, 0.25) is 0 Å². The Morgan fingerprint density at radius 1 is 0.885 bits per heavy atom. The van der Waals surface area contributed by atoms with Crippen molar-refractivity contribution in [1.82, 2.24) is 0 Å². The van der Waals surface area contributed by atoms with Gasteiger partial charge in [-0.2, -0.15) is 0 Å². The van der Waals surface area contributed by atoms with E-state index >= 15 is 0 Å². The molecule has 0 spiro atoms. The zero-order valence-corrected chi connectivity index (χ0v) is 16.0. The standard InChI is InChI=1S/C25H22S/c1-16-10-6-7-11-18(16)23-17(2)25-24(20-13-9-8-12-19(20)23)21-14-4-3-5-15-22(21)26-25/h3-14,21-22H,15H2,1-2H3. The Bertz CT molecular complexity index is 1070. The monoisotopic (exact) mass is 354 g/mol. The summed E-state index contributed by atoms with van der Waals surface area (Å²) in [4.78, 5) is 1.51. The van der Waals surface area contributed by atoms with Crippen LogP contribution in [0.1, 0.15) is 29.0 Å². The zero-order valence-electron chi connectivity index (χ0n) is 15.2. The van der Waals surface area contributed by atoms with E-state index < -0.39 is 0 Å². The lowest BCUT2D eigenvalue weighted by Crippen LogP contribution is -2.06. The highest BCUT2D eigenvalue weighted by molar-refractivity contribution is 8.00. The molecular formula is C25H22S. The number of thioether (sulfide) groups is 1. The largest absolute Gasteiger partial charge is 0.121 e. The van der Waals surface area contributed by atoms with Crippen LogP contribution in [0.3, 0.4) is 0 Å². The maximum Gasteiger partial charge on any atom is 0.0233 e. The topological polar surface area (TPSA) is 0 Å². The van der Waals surface area contributed by atoms with E-state index in [-0.39, 0.29) is 0 Å². The SMILES string of the molecule is Cc1ccccc1-c1c(C)c2c(c3ccccc13)C1C=CC=CCC1S2. The Labute approximate surface area is 159 Å². The van der Waals surface area contributed by atoms with E-state index in [0.29, 0.717) is 11.2 Å². The first kappa shape index (κ1) is 16.0. The minimum atomic E-state index is 0.513. The highest BCUT2D eigenvalue weighted by atomic mass is 32.2. The molecule has 0 saturated carbocycles. The lowest BCUT2D eigenvalue weighted by molar-refractivity contribution is 0.795. The number of hydrogen-bond acceptors (Lipinski definition) is 1. The summed E-state index contributed by atoms with van der Waals surface area (Å²) >= 11 is 2.09. The van der Waals surface area contributed by atoms with Gasteiger partial charge in [-0.25, -0.2) is 0 Å². The van der Waals surface area contributed by atoms with Crippen molar-refractivity contribution in [2.75, 3.05) is 0 Å². The van der Waals surface area contributed by atoms with E-state index in [1.165, 1.54) is 37.9 Å². The first-order chi connectivity index (χ1) is 12.8. The Balaban J connectivity index is 1.86. The Kier molecular flexibility index (Phi) is 3.79. The number of fused-ring (bicyclic) bond motifs is 5. The van der Waals surface area contributed by atoms with Crippen LogP contribution in [-0.2, 0) is 0 Å². The Morgan fingerprint density at radius 3 is 2.50 bits per heavy atom. The molecule has 128 valence electrons. The van der Waals surface area contributed by atoms with Crippen LogP contribution in [0.25, 0.3) is 21.9 Å². The summed E-state index contributed by atoms with van der Waals surface area (Å²) in [5, 5.41) is 3.44. The third kappa shape index (κ3) is 2.30. The van der Waals surface area contributed by atoms with Crippen molar-refractivity contribution in [2.45, 2.75) is 36.3 Å². The van der Waals surface area contributed by atoms with Gasteiger partial charge in [-0.3, -0.25) is 0 Å². The third-order valence-corrected chi connectivity index (χ3v) is 7.35. The highest BCUT2D eigenvalue weighted by Gasteiger charge is 2.35. The molecule has 0 nitrogen and oxygen atoms in total. The van der Waals surface area contributed by atoms with Crippen LogP contribution >= 0.6 is 11.8 Å². The van der Waals surface area contributed by atoms with E-state index in [9.17, 15) is 0 Å². The normalized spacial score (nSPS) is 20.8.